The number of hydrogen-bond donors (Lipinski definition) is 2. The van der Waals surface area contributed by atoms with Gasteiger partial charge in [0.1, 0.15) is 11.6 Å². The fourth-order valence-corrected chi connectivity index (χ4v) is 4.36. The molecule has 0 aliphatic rings. The van der Waals surface area contributed by atoms with Crippen LogP contribution in [-0.2, 0) is 0 Å². The summed E-state index contributed by atoms with van der Waals surface area (Å²) >= 11 is 1.49. The van der Waals surface area contributed by atoms with Gasteiger partial charge in [-0.25, -0.2) is 0 Å². The maximum absolute atomic E-state index is 12.7. The molecule has 1 heterocycles. The Kier molecular flexibility index (Phi) is 7.02. The minimum Gasteiger partial charge on any atom is -0.494 e. The number of rotatable bonds is 9. The van der Waals surface area contributed by atoms with Crippen LogP contribution in [0.1, 0.15) is 29.3 Å². The molecule has 1 aromatic heterocycles. The van der Waals surface area contributed by atoms with Gasteiger partial charge in [0.25, 0.3) is 5.91 Å². The second-order valence-electron chi connectivity index (χ2n) is 7.55. The first-order valence-electron chi connectivity index (χ1n) is 10.9. The summed E-state index contributed by atoms with van der Waals surface area (Å²) in [6, 6.07) is 22.0. The van der Waals surface area contributed by atoms with Gasteiger partial charge in [0.15, 0.2) is 0 Å². The Hall–Kier alpha value is -3.38. The highest BCUT2D eigenvalue weighted by atomic mass is 32.1. The van der Waals surface area contributed by atoms with Gasteiger partial charge in [0.05, 0.1) is 11.3 Å². The number of nitrogens with one attached hydrogen (secondary N) is 2. The minimum absolute atomic E-state index is 0.0652. The molecule has 4 rings (SSSR count). The molecule has 3 aromatic carbocycles. The van der Waals surface area contributed by atoms with E-state index >= 15 is 0 Å². The molecular weight excluding hydrogens is 418 g/mol. The molecule has 1 amide bonds. The van der Waals surface area contributed by atoms with Crippen LogP contribution < -0.4 is 15.4 Å². The van der Waals surface area contributed by atoms with Gasteiger partial charge in [0.2, 0.25) is 0 Å². The largest absolute Gasteiger partial charge is 0.494 e. The van der Waals surface area contributed by atoms with E-state index in [-0.39, 0.29) is 5.91 Å². The van der Waals surface area contributed by atoms with Crippen molar-refractivity contribution in [3.8, 4) is 16.9 Å². The van der Waals surface area contributed by atoms with Gasteiger partial charge in [-0.2, -0.15) is 4.37 Å². The quantitative estimate of drug-likeness (QED) is 0.315. The zero-order valence-electron chi connectivity index (χ0n) is 18.4. The second kappa shape index (κ2) is 10.3. The summed E-state index contributed by atoms with van der Waals surface area (Å²) in [5.74, 6) is 1.68. The predicted octanol–water partition coefficient (Wildman–Crippen LogP) is 5.90. The van der Waals surface area contributed by atoms with Gasteiger partial charge in [-0.15, -0.1) is 0 Å². The smallest absolute Gasteiger partial charge is 0.251 e. The highest BCUT2D eigenvalue weighted by molar-refractivity contribution is 7.13. The maximum Gasteiger partial charge on any atom is 0.251 e. The lowest BCUT2D eigenvalue weighted by Gasteiger charge is -2.11. The van der Waals surface area contributed by atoms with Crippen LogP contribution in [0, 0.1) is 6.92 Å². The first-order chi connectivity index (χ1) is 15.7. The summed E-state index contributed by atoms with van der Waals surface area (Å²) in [7, 11) is 0. The number of ether oxygens (including phenoxy) is 1. The summed E-state index contributed by atoms with van der Waals surface area (Å²) in [5.41, 5.74) is 3.88. The molecule has 0 saturated heterocycles. The fraction of sp³-hybridized carbons (Fsp3) is 0.231. The van der Waals surface area contributed by atoms with E-state index in [0.717, 1.165) is 46.6 Å². The number of carbonyl (C=O) groups is 1. The van der Waals surface area contributed by atoms with Crippen LogP contribution in [0.5, 0.6) is 5.75 Å². The molecule has 0 aliphatic carbocycles. The van der Waals surface area contributed by atoms with Crippen LogP contribution in [-0.4, -0.2) is 30.0 Å². The summed E-state index contributed by atoms with van der Waals surface area (Å²) in [4.78, 5) is 12.7. The van der Waals surface area contributed by atoms with Crippen LogP contribution in [0.25, 0.3) is 21.2 Å². The fourth-order valence-electron chi connectivity index (χ4n) is 3.61. The molecule has 164 valence electrons. The van der Waals surface area contributed by atoms with Crippen LogP contribution in [0.4, 0.5) is 5.82 Å². The molecule has 0 bridgehead atoms. The number of aryl methyl sites for hydroxylation is 1. The molecule has 6 heteroatoms. The number of anilines is 1. The number of nitrogens with zero attached hydrogens (tertiary/aromatic N) is 1. The van der Waals surface area contributed by atoms with Crippen molar-refractivity contribution in [2.45, 2.75) is 20.3 Å². The van der Waals surface area contributed by atoms with Crippen molar-refractivity contribution in [2.75, 3.05) is 25.0 Å². The van der Waals surface area contributed by atoms with E-state index in [1.54, 1.807) is 0 Å². The number of carbonyl (C=O) groups excluding carboxylic acids is 1. The van der Waals surface area contributed by atoms with Gasteiger partial charge in [0, 0.05) is 24.0 Å². The molecule has 0 unspecified atom stereocenters. The lowest BCUT2D eigenvalue weighted by Crippen LogP contribution is -2.25. The predicted molar refractivity (Wildman–Crippen MR) is 133 cm³/mol. The Bertz CT molecular complexity index is 1220. The van der Waals surface area contributed by atoms with E-state index < -0.39 is 0 Å². The molecule has 0 radical (unpaired) electrons. The highest BCUT2D eigenvalue weighted by Gasteiger charge is 2.10. The van der Waals surface area contributed by atoms with E-state index in [1.165, 1.54) is 16.2 Å². The summed E-state index contributed by atoms with van der Waals surface area (Å²) in [6.45, 7) is 6.00. The van der Waals surface area contributed by atoms with Crippen molar-refractivity contribution in [1.82, 2.24) is 9.69 Å². The number of benzene rings is 3. The molecule has 4 aromatic rings. The Morgan fingerprint density at radius 1 is 1.03 bits per heavy atom. The average Bonchev–Trinajstić information content (AvgIpc) is 3.23. The first kappa shape index (κ1) is 21.8. The van der Waals surface area contributed by atoms with E-state index in [9.17, 15) is 4.79 Å². The summed E-state index contributed by atoms with van der Waals surface area (Å²) in [5, 5.41) is 7.53. The van der Waals surface area contributed by atoms with E-state index in [0.29, 0.717) is 18.7 Å². The normalized spacial score (nSPS) is 10.8. The zero-order valence-corrected chi connectivity index (χ0v) is 19.2. The van der Waals surface area contributed by atoms with Crippen LogP contribution in [0.3, 0.4) is 0 Å². The Balaban J connectivity index is 1.33. The summed E-state index contributed by atoms with van der Waals surface area (Å²) < 4.78 is 11.3. The van der Waals surface area contributed by atoms with Gasteiger partial charge in [-0.3, -0.25) is 4.79 Å². The number of amides is 1. The molecule has 5 nitrogen and oxygen atoms in total. The average molecular weight is 446 g/mol. The van der Waals surface area contributed by atoms with E-state index in [4.69, 9.17) is 4.74 Å². The standard InChI is InChI=1S/C26H27N3O2S/c1-3-31-21-13-12-18(2)23(17-21)19-8-6-9-20(16-19)26(30)28-15-7-14-27-25-22-10-4-5-11-24(22)32-29-25/h4-6,8-13,16-17H,3,7,14-15H2,1-2H3,(H,27,29)(H,28,30). The van der Waals surface area contributed by atoms with Gasteiger partial charge in [-0.1, -0.05) is 30.3 Å². The van der Waals surface area contributed by atoms with E-state index in [1.807, 2.05) is 61.5 Å². The number of aromatic nitrogens is 1. The molecule has 0 saturated carbocycles. The van der Waals surface area contributed by atoms with Crippen molar-refractivity contribution >= 4 is 33.3 Å². The molecule has 0 aliphatic heterocycles. The van der Waals surface area contributed by atoms with Crippen LogP contribution in [0.2, 0.25) is 0 Å². The van der Waals surface area contributed by atoms with Crippen molar-refractivity contribution in [2.24, 2.45) is 0 Å². The minimum atomic E-state index is -0.0652. The molecular formula is C26H27N3O2S. The lowest BCUT2D eigenvalue weighted by molar-refractivity contribution is 0.0953. The monoisotopic (exact) mass is 445 g/mol. The maximum atomic E-state index is 12.7. The first-order valence-corrected chi connectivity index (χ1v) is 11.6. The summed E-state index contributed by atoms with van der Waals surface area (Å²) in [6.07, 6.45) is 0.812. The van der Waals surface area contributed by atoms with Crippen molar-refractivity contribution < 1.29 is 9.53 Å². The third-order valence-electron chi connectivity index (χ3n) is 5.26. The van der Waals surface area contributed by atoms with Crippen LogP contribution in [0.15, 0.2) is 66.7 Å². The topological polar surface area (TPSA) is 63.2 Å². The van der Waals surface area contributed by atoms with Crippen molar-refractivity contribution in [3.63, 3.8) is 0 Å². The molecule has 0 atom stereocenters. The van der Waals surface area contributed by atoms with Crippen molar-refractivity contribution in [3.05, 3.63) is 77.9 Å². The lowest BCUT2D eigenvalue weighted by atomic mass is 9.98. The van der Waals surface area contributed by atoms with Gasteiger partial charge < -0.3 is 15.4 Å². The van der Waals surface area contributed by atoms with E-state index in [2.05, 4.69) is 34.1 Å². The number of hydrogen-bond acceptors (Lipinski definition) is 5. The Morgan fingerprint density at radius 3 is 2.78 bits per heavy atom. The molecule has 0 spiro atoms. The zero-order chi connectivity index (χ0) is 22.3. The Labute approximate surface area is 192 Å². The SMILES string of the molecule is CCOc1ccc(C)c(-c2cccc(C(=O)NCCCNc3nsc4ccccc34)c2)c1. The van der Waals surface area contributed by atoms with Gasteiger partial charge >= 0.3 is 0 Å². The van der Waals surface area contributed by atoms with Crippen LogP contribution >= 0.6 is 11.5 Å². The second-order valence-corrected chi connectivity index (χ2v) is 8.36. The Morgan fingerprint density at radius 2 is 1.91 bits per heavy atom. The van der Waals surface area contributed by atoms with Crippen molar-refractivity contribution in [1.29, 1.82) is 0 Å². The third-order valence-corrected chi connectivity index (χ3v) is 6.09. The number of fused-ring (bicyclic) bond motifs is 1. The molecule has 0 fully saturated rings. The highest BCUT2D eigenvalue weighted by Crippen LogP contribution is 2.28. The van der Waals surface area contributed by atoms with Gasteiger partial charge in [-0.05, 0) is 84.9 Å². The molecule has 32 heavy (non-hydrogen) atoms. The third kappa shape index (κ3) is 5.08. The molecule has 2 N–H and O–H groups in total.